The molecule has 3 heterocycles. The maximum atomic E-state index is 13.3. The molecule has 43 heavy (non-hydrogen) atoms. The van der Waals surface area contributed by atoms with Crippen molar-refractivity contribution in [3.63, 3.8) is 0 Å². The topological polar surface area (TPSA) is 165 Å². The Morgan fingerprint density at radius 1 is 1.00 bits per heavy atom. The van der Waals surface area contributed by atoms with Crippen LogP contribution in [-0.2, 0) is 14.4 Å². The molecule has 0 bridgehead atoms. The number of nitrogens with zero attached hydrogens (tertiary/aromatic N) is 2. The van der Waals surface area contributed by atoms with Crippen LogP contribution in [0.4, 0.5) is 17.2 Å². The number of methoxy groups -OCH3 is 3. The summed E-state index contributed by atoms with van der Waals surface area (Å²) in [6.45, 7) is 0. The lowest BCUT2D eigenvalue weighted by Crippen LogP contribution is -2.54. The van der Waals surface area contributed by atoms with E-state index in [1.54, 1.807) is 30.5 Å². The highest BCUT2D eigenvalue weighted by Gasteiger charge is 2.45. The van der Waals surface area contributed by atoms with E-state index in [4.69, 9.17) is 14.2 Å². The number of hydrogen-bond acceptors (Lipinski definition) is 10. The molecule has 220 valence electrons. The van der Waals surface area contributed by atoms with Crippen molar-refractivity contribution >= 4 is 52.8 Å². The van der Waals surface area contributed by atoms with Gasteiger partial charge in [0, 0.05) is 42.1 Å². The number of imide groups is 2. The third-order valence-corrected chi connectivity index (χ3v) is 6.91. The fourth-order valence-electron chi connectivity index (χ4n) is 4.91. The molecule has 2 aliphatic rings. The van der Waals surface area contributed by atoms with Crippen molar-refractivity contribution in [2.75, 3.05) is 32.0 Å². The van der Waals surface area contributed by atoms with Gasteiger partial charge in [-0.1, -0.05) is 6.07 Å². The molecule has 5 amide bonds. The average Bonchev–Trinajstić information content (AvgIpc) is 3.26. The molecule has 3 N–H and O–H groups in total. The van der Waals surface area contributed by atoms with E-state index in [-0.39, 0.29) is 29.7 Å². The summed E-state index contributed by atoms with van der Waals surface area (Å²) < 4.78 is 16.2. The summed E-state index contributed by atoms with van der Waals surface area (Å²) in [4.78, 5) is 68.4. The molecule has 2 aromatic carbocycles. The minimum Gasteiger partial charge on any atom is -0.493 e. The van der Waals surface area contributed by atoms with E-state index in [2.05, 4.69) is 20.9 Å². The van der Waals surface area contributed by atoms with E-state index in [0.717, 1.165) is 4.90 Å². The van der Waals surface area contributed by atoms with Gasteiger partial charge in [0.15, 0.2) is 11.5 Å². The Kier molecular flexibility index (Phi) is 8.05. The predicted molar refractivity (Wildman–Crippen MR) is 154 cm³/mol. The first-order valence-corrected chi connectivity index (χ1v) is 13.1. The summed E-state index contributed by atoms with van der Waals surface area (Å²) in [7, 11) is 4.52. The van der Waals surface area contributed by atoms with Crippen molar-refractivity contribution in [1.82, 2.24) is 15.2 Å². The number of nitrogens with one attached hydrogen (secondary N) is 3. The number of aromatic nitrogens is 1. The van der Waals surface area contributed by atoms with Gasteiger partial charge in [0.2, 0.25) is 23.5 Å². The van der Waals surface area contributed by atoms with E-state index < -0.39 is 35.6 Å². The highest BCUT2D eigenvalue weighted by molar-refractivity contribution is 6.26. The van der Waals surface area contributed by atoms with Gasteiger partial charge < -0.3 is 24.8 Å². The molecule has 1 atom stereocenters. The first-order chi connectivity index (χ1) is 20.7. The van der Waals surface area contributed by atoms with Gasteiger partial charge in [-0.3, -0.25) is 34.2 Å². The first kappa shape index (κ1) is 28.8. The Morgan fingerprint density at radius 3 is 2.42 bits per heavy atom. The summed E-state index contributed by atoms with van der Waals surface area (Å²) in [5, 5.41) is 7.99. The van der Waals surface area contributed by atoms with Gasteiger partial charge in [-0.15, -0.1) is 0 Å². The Hall–Kier alpha value is -5.72. The molecule has 1 fully saturated rings. The minimum atomic E-state index is -1.12. The maximum absolute atomic E-state index is 13.3. The van der Waals surface area contributed by atoms with Crippen LogP contribution in [0.3, 0.4) is 0 Å². The number of piperidine rings is 1. The van der Waals surface area contributed by atoms with Crippen LogP contribution in [0, 0.1) is 0 Å². The van der Waals surface area contributed by atoms with E-state index >= 15 is 0 Å². The Balaban J connectivity index is 1.34. The van der Waals surface area contributed by atoms with Gasteiger partial charge in [-0.25, -0.2) is 4.98 Å². The Bertz CT molecular complexity index is 1660. The number of anilines is 3. The number of ether oxygens (including phenoxy) is 3. The summed E-state index contributed by atoms with van der Waals surface area (Å²) in [6.07, 6.45) is 4.41. The predicted octanol–water partition coefficient (Wildman–Crippen LogP) is 2.90. The molecule has 1 saturated heterocycles. The normalized spacial score (nSPS) is 16.2. The quantitative estimate of drug-likeness (QED) is 0.251. The van der Waals surface area contributed by atoms with E-state index in [1.807, 2.05) is 0 Å². The van der Waals surface area contributed by atoms with Crippen molar-refractivity contribution in [2.24, 2.45) is 0 Å². The zero-order valence-electron chi connectivity index (χ0n) is 23.4. The van der Waals surface area contributed by atoms with E-state index in [1.165, 1.54) is 51.7 Å². The number of carbonyl (C=O) groups is 5. The lowest BCUT2D eigenvalue weighted by molar-refractivity contribution is -0.136. The molecule has 0 radical (unpaired) electrons. The number of rotatable bonds is 9. The van der Waals surface area contributed by atoms with Crippen LogP contribution in [0.15, 0.2) is 54.7 Å². The number of fused-ring (bicyclic) bond motifs is 1. The fourth-order valence-corrected chi connectivity index (χ4v) is 4.91. The highest BCUT2D eigenvalue weighted by atomic mass is 16.5. The number of carbonyl (C=O) groups excluding carboxylic acids is 5. The van der Waals surface area contributed by atoms with Crippen LogP contribution < -0.4 is 30.2 Å². The second kappa shape index (κ2) is 12.0. The minimum absolute atomic E-state index is 0.00292. The Labute approximate surface area is 245 Å². The van der Waals surface area contributed by atoms with Crippen LogP contribution in [-0.4, -0.2) is 66.8 Å². The molecule has 2 aliphatic heterocycles. The second-order valence-electron chi connectivity index (χ2n) is 9.48. The highest BCUT2D eigenvalue weighted by Crippen LogP contribution is 2.40. The number of hydrogen-bond donors (Lipinski definition) is 3. The molecule has 0 saturated carbocycles. The second-order valence-corrected chi connectivity index (χ2v) is 9.48. The molecule has 0 spiro atoms. The van der Waals surface area contributed by atoms with Gasteiger partial charge in [-0.05, 0) is 36.8 Å². The first-order valence-electron chi connectivity index (χ1n) is 13.1. The number of amides is 5. The molecule has 3 aromatic rings. The zero-order valence-corrected chi connectivity index (χ0v) is 23.4. The number of pyridine rings is 1. The van der Waals surface area contributed by atoms with Crippen LogP contribution in [0.25, 0.3) is 6.08 Å². The van der Waals surface area contributed by atoms with Gasteiger partial charge in [0.05, 0.1) is 38.1 Å². The van der Waals surface area contributed by atoms with Gasteiger partial charge in [0.25, 0.3) is 11.8 Å². The summed E-state index contributed by atoms with van der Waals surface area (Å²) in [5.41, 5.74) is 1.31. The lowest BCUT2D eigenvalue weighted by atomic mass is 10.0. The lowest BCUT2D eigenvalue weighted by Gasteiger charge is -2.27. The average molecular weight is 586 g/mol. The molecule has 1 aromatic heterocycles. The van der Waals surface area contributed by atoms with Crippen molar-refractivity contribution in [1.29, 1.82) is 0 Å². The molecule has 1 unspecified atom stereocenters. The van der Waals surface area contributed by atoms with Crippen LogP contribution >= 0.6 is 0 Å². The molecular formula is C30H27N5O8. The zero-order chi connectivity index (χ0) is 30.7. The third-order valence-electron chi connectivity index (χ3n) is 6.91. The standard InChI is InChI=1S/C30H27N5O8/c1-41-21-14-17(15-22(42-2)26(21)43-3)32-27-16(6-5-13-31-27)9-11-23(36)33-19-8-4-7-18-25(19)30(40)35(29(18)39)20-10-12-24(37)34-28(20)38/h4-9,11,13-15,20H,10,12H2,1-3H3,(H,31,32)(H,33,36)(H,34,37,38)/b11-9+. The van der Waals surface area contributed by atoms with Crippen molar-refractivity contribution in [3.05, 3.63) is 71.4 Å². The SMILES string of the molecule is COc1cc(Nc2ncccc2/C=C/C(=O)Nc2cccc3c2C(=O)N(C2CCC(=O)NC2=O)C3=O)cc(OC)c1OC. The van der Waals surface area contributed by atoms with Crippen molar-refractivity contribution < 1.29 is 38.2 Å². The summed E-state index contributed by atoms with van der Waals surface area (Å²) >= 11 is 0. The number of benzene rings is 2. The third kappa shape index (κ3) is 5.60. The smallest absolute Gasteiger partial charge is 0.264 e. The summed E-state index contributed by atoms with van der Waals surface area (Å²) in [6, 6.07) is 10.2. The van der Waals surface area contributed by atoms with Crippen LogP contribution in [0.5, 0.6) is 17.2 Å². The Morgan fingerprint density at radius 2 is 1.74 bits per heavy atom. The maximum Gasteiger partial charge on any atom is 0.264 e. The van der Waals surface area contributed by atoms with Crippen LogP contribution in [0.1, 0.15) is 39.1 Å². The fraction of sp³-hybridized carbons (Fsp3) is 0.200. The van der Waals surface area contributed by atoms with Crippen LogP contribution in [0.2, 0.25) is 0 Å². The van der Waals surface area contributed by atoms with Gasteiger partial charge >= 0.3 is 0 Å². The summed E-state index contributed by atoms with van der Waals surface area (Å²) in [5.74, 6) is -1.40. The van der Waals surface area contributed by atoms with E-state index in [0.29, 0.717) is 34.3 Å². The van der Waals surface area contributed by atoms with Gasteiger partial charge in [0.1, 0.15) is 11.9 Å². The van der Waals surface area contributed by atoms with E-state index in [9.17, 15) is 24.0 Å². The molecule has 13 heteroatoms. The largest absolute Gasteiger partial charge is 0.493 e. The van der Waals surface area contributed by atoms with Crippen molar-refractivity contribution in [3.8, 4) is 17.2 Å². The molecular weight excluding hydrogens is 558 g/mol. The molecule has 5 rings (SSSR count). The monoisotopic (exact) mass is 585 g/mol. The molecule has 13 nitrogen and oxygen atoms in total. The van der Waals surface area contributed by atoms with Crippen molar-refractivity contribution in [2.45, 2.75) is 18.9 Å². The molecule has 0 aliphatic carbocycles. The van der Waals surface area contributed by atoms with Gasteiger partial charge in [-0.2, -0.15) is 0 Å².